The summed E-state index contributed by atoms with van der Waals surface area (Å²) in [4.78, 5) is 0. The molecule has 0 fully saturated rings. The molecule has 0 bridgehead atoms. The molecule has 2 nitrogen and oxygen atoms in total. The first-order valence-electron chi connectivity index (χ1n) is 0.333. The van der Waals surface area contributed by atoms with E-state index in [9.17, 15) is 0 Å². The maximum atomic E-state index is 8.44. The molecule has 0 atom stereocenters. The van der Waals surface area contributed by atoms with E-state index in [1.54, 1.807) is 0 Å². The van der Waals surface area contributed by atoms with Crippen molar-refractivity contribution in [3.05, 3.63) is 0 Å². The first-order valence-corrected chi connectivity index (χ1v) is 1.37. The van der Waals surface area contributed by atoms with E-state index >= 15 is 0 Å². The van der Waals surface area contributed by atoms with Gasteiger partial charge >= 0.3 is 45.7 Å². The first-order chi connectivity index (χ1) is 1.41. The zero-order chi connectivity index (χ0) is 2.71. The average Bonchev–Trinajstić information content (AvgIpc) is 0.918. The van der Waals surface area contributed by atoms with Crippen LogP contribution in [0.15, 0.2) is 0 Å². The summed E-state index contributed by atoms with van der Waals surface area (Å²) in [6.07, 6.45) is 0. The molecule has 0 N–H and O–H groups in total. The molecule has 0 unspecified atom stereocenters. The van der Waals surface area contributed by atoms with Crippen molar-refractivity contribution in [3.63, 3.8) is 0 Å². The Morgan fingerprint density at radius 3 is 1.25 bits per heavy atom. The number of rotatable bonds is 0. The van der Waals surface area contributed by atoms with Crippen molar-refractivity contribution >= 4 is 23.1 Å². The summed E-state index contributed by atoms with van der Waals surface area (Å²) in [6.45, 7) is 0. The monoisotopic (exact) mass is 110 g/mol. The van der Waals surface area contributed by atoms with Gasteiger partial charge in [0, 0.05) is 0 Å². The third kappa shape index (κ3) is 12.9. The van der Waals surface area contributed by atoms with E-state index in [-0.39, 0.29) is 23.1 Å². The SMILES string of the molecule is [MgH2].[O]=[Cr]=[O]. The van der Waals surface area contributed by atoms with Crippen LogP contribution in [0.5, 0.6) is 0 Å². The summed E-state index contributed by atoms with van der Waals surface area (Å²) in [5.41, 5.74) is 0. The Morgan fingerprint density at radius 1 is 1.25 bits per heavy atom. The Morgan fingerprint density at radius 2 is 1.25 bits per heavy atom. The molecular formula is H2CrMgO2. The van der Waals surface area contributed by atoms with E-state index in [1.165, 1.54) is 0 Å². The Labute approximate surface area is 45.9 Å². The van der Waals surface area contributed by atoms with Gasteiger partial charge in [-0.25, -0.2) is 0 Å². The van der Waals surface area contributed by atoms with Crippen LogP contribution in [0.3, 0.4) is 0 Å². The van der Waals surface area contributed by atoms with Gasteiger partial charge in [-0.1, -0.05) is 0 Å². The Balaban J connectivity index is 0. The van der Waals surface area contributed by atoms with Crippen LogP contribution in [0.25, 0.3) is 0 Å². The van der Waals surface area contributed by atoms with Gasteiger partial charge in [-0.05, 0) is 0 Å². The third-order valence-electron chi connectivity index (χ3n) is 0. The summed E-state index contributed by atoms with van der Waals surface area (Å²) in [5.74, 6) is 0. The molecule has 0 amide bonds. The van der Waals surface area contributed by atoms with Crippen molar-refractivity contribution in [3.8, 4) is 0 Å². The normalized spacial score (nSPS) is 3.00. The second kappa shape index (κ2) is 9.09. The molecule has 0 saturated carbocycles. The van der Waals surface area contributed by atoms with E-state index in [0.717, 1.165) is 0 Å². The first kappa shape index (κ1) is 8.86. The van der Waals surface area contributed by atoms with Crippen LogP contribution in [-0.2, 0) is 22.7 Å². The van der Waals surface area contributed by atoms with Gasteiger partial charge in [-0.15, -0.1) is 0 Å². The molecule has 4 heteroatoms. The zero-order valence-electron chi connectivity index (χ0n) is 1.22. The van der Waals surface area contributed by atoms with Gasteiger partial charge in [-0.2, -0.15) is 0 Å². The van der Waals surface area contributed by atoms with E-state index in [2.05, 4.69) is 0 Å². The van der Waals surface area contributed by atoms with E-state index in [1.807, 2.05) is 0 Å². The van der Waals surface area contributed by atoms with Crippen molar-refractivity contribution in [2.24, 2.45) is 0 Å². The zero-order valence-corrected chi connectivity index (χ0v) is 2.50. The van der Waals surface area contributed by atoms with Crippen LogP contribution in [0.1, 0.15) is 0 Å². The van der Waals surface area contributed by atoms with Gasteiger partial charge in [0.1, 0.15) is 0 Å². The van der Waals surface area contributed by atoms with Crippen LogP contribution < -0.4 is 0 Å². The van der Waals surface area contributed by atoms with Crippen LogP contribution in [0.4, 0.5) is 0 Å². The van der Waals surface area contributed by atoms with Gasteiger partial charge in [0.05, 0.1) is 0 Å². The van der Waals surface area contributed by atoms with Crippen LogP contribution in [0, 0.1) is 0 Å². The molecule has 0 aromatic heterocycles. The average molecular weight is 110 g/mol. The number of hydrogen-bond donors (Lipinski definition) is 0. The molecule has 0 aliphatic heterocycles. The van der Waals surface area contributed by atoms with Crippen molar-refractivity contribution < 1.29 is 22.7 Å². The third-order valence-corrected chi connectivity index (χ3v) is 0. The summed E-state index contributed by atoms with van der Waals surface area (Å²) in [5, 5.41) is 0. The summed E-state index contributed by atoms with van der Waals surface area (Å²) in [6, 6.07) is 0. The molecule has 0 heterocycles. The Kier molecular flexibility index (Phi) is 20.1. The maximum absolute atomic E-state index is 8.44. The summed E-state index contributed by atoms with van der Waals surface area (Å²) in [7, 11) is 0. The fourth-order valence-corrected chi connectivity index (χ4v) is 0. The molecule has 0 aliphatic carbocycles. The van der Waals surface area contributed by atoms with E-state index in [0.29, 0.717) is 0 Å². The molecule has 0 radical (unpaired) electrons. The Bertz CT molecular complexity index is 27.0. The van der Waals surface area contributed by atoms with Crippen LogP contribution >= 0.6 is 0 Å². The molecule has 0 aliphatic rings. The predicted molar refractivity (Wildman–Crippen MR) is 9.92 cm³/mol. The van der Waals surface area contributed by atoms with Crippen molar-refractivity contribution in [2.75, 3.05) is 0 Å². The van der Waals surface area contributed by atoms with Gasteiger partial charge in [-0.3, -0.25) is 0 Å². The number of hydrogen-bond acceptors (Lipinski definition) is 2. The minimum atomic E-state index is -1.62. The van der Waals surface area contributed by atoms with E-state index < -0.39 is 15.1 Å². The van der Waals surface area contributed by atoms with Gasteiger partial charge in [0.15, 0.2) is 0 Å². The van der Waals surface area contributed by atoms with Crippen molar-refractivity contribution in [2.45, 2.75) is 0 Å². The fourth-order valence-electron chi connectivity index (χ4n) is 0. The van der Waals surface area contributed by atoms with E-state index in [4.69, 9.17) is 7.61 Å². The molecule has 0 aromatic rings. The minimum absolute atomic E-state index is 0. The van der Waals surface area contributed by atoms with Crippen molar-refractivity contribution in [1.82, 2.24) is 0 Å². The molecule has 0 aromatic carbocycles. The second-order valence-electron chi connectivity index (χ2n) is 0.0680. The Hall–Kier alpha value is 0.899. The van der Waals surface area contributed by atoms with Crippen LogP contribution in [-0.4, -0.2) is 23.1 Å². The molecular weight excluding hydrogens is 108 g/mol. The topological polar surface area (TPSA) is 34.1 Å². The molecule has 0 rings (SSSR count). The fraction of sp³-hybridized carbons (Fsp3) is 0. The quantitative estimate of drug-likeness (QED) is 0.369. The molecule has 0 saturated heterocycles. The molecule has 0 spiro atoms. The van der Waals surface area contributed by atoms with Crippen molar-refractivity contribution in [1.29, 1.82) is 0 Å². The summed E-state index contributed by atoms with van der Waals surface area (Å²) < 4.78 is 16.9. The van der Waals surface area contributed by atoms with Gasteiger partial charge in [0.2, 0.25) is 0 Å². The van der Waals surface area contributed by atoms with Crippen LogP contribution in [0.2, 0.25) is 0 Å². The van der Waals surface area contributed by atoms with Gasteiger partial charge < -0.3 is 0 Å². The molecule has 22 valence electrons. The standard InChI is InChI=1S/Cr.Mg.2O.2H. The second-order valence-corrected chi connectivity index (χ2v) is 0.281. The van der Waals surface area contributed by atoms with Gasteiger partial charge in [0.25, 0.3) is 0 Å². The molecule has 4 heavy (non-hydrogen) atoms. The summed E-state index contributed by atoms with van der Waals surface area (Å²) >= 11 is -1.62. The predicted octanol–water partition coefficient (Wildman–Crippen LogP) is -1.16.